The van der Waals surface area contributed by atoms with Crippen molar-refractivity contribution in [2.45, 2.75) is 13.3 Å². The lowest BCUT2D eigenvalue weighted by Crippen LogP contribution is -2.19. The van der Waals surface area contributed by atoms with Crippen molar-refractivity contribution >= 4 is 17.6 Å². The van der Waals surface area contributed by atoms with E-state index < -0.39 is 29.9 Å². The zero-order chi connectivity index (χ0) is 12.8. The molecule has 0 aromatic heterocycles. The van der Waals surface area contributed by atoms with Crippen LogP contribution in [0.25, 0.3) is 0 Å². The molecule has 0 bridgehead atoms. The van der Waals surface area contributed by atoms with Gasteiger partial charge in [-0.25, -0.2) is 8.78 Å². The van der Waals surface area contributed by atoms with Crippen molar-refractivity contribution in [2.75, 3.05) is 11.9 Å². The number of anilines is 1. The molecule has 1 aromatic rings. The van der Waals surface area contributed by atoms with Crippen molar-refractivity contribution in [3.8, 4) is 0 Å². The van der Waals surface area contributed by atoms with E-state index in [0.717, 1.165) is 6.07 Å². The van der Waals surface area contributed by atoms with E-state index in [1.54, 1.807) is 6.92 Å². The van der Waals surface area contributed by atoms with Crippen LogP contribution in [0.2, 0.25) is 0 Å². The Hall–Kier alpha value is -1.98. The van der Waals surface area contributed by atoms with Crippen LogP contribution < -0.4 is 5.32 Å². The first kappa shape index (κ1) is 13.1. The summed E-state index contributed by atoms with van der Waals surface area (Å²) in [5, 5.41) is 2.09. The minimum Gasteiger partial charge on any atom is -0.466 e. The summed E-state index contributed by atoms with van der Waals surface area (Å²) in [5.74, 6) is -3.71. The van der Waals surface area contributed by atoms with Crippen LogP contribution in [0.5, 0.6) is 0 Å². The minimum atomic E-state index is -1.16. The molecule has 0 atom stereocenters. The molecule has 0 fully saturated rings. The van der Waals surface area contributed by atoms with Crippen LogP contribution in [-0.2, 0) is 14.3 Å². The third-order valence-electron chi connectivity index (χ3n) is 1.84. The number of halogens is 2. The highest BCUT2D eigenvalue weighted by molar-refractivity contribution is 6.01. The quantitative estimate of drug-likeness (QED) is 0.648. The number of amides is 1. The van der Waals surface area contributed by atoms with Gasteiger partial charge in [0.2, 0.25) is 5.91 Å². The second-order valence-corrected chi connectivity index (χ2v) is 3.13. The highest BCUT2D eigenvalue weighted by Crippen LogP contribution is 2.16. The molecule has 0 radical (unpaired) electrons. The van der Waals surface area contributed by atoms with Crippen molar-refractivity contribution in [1.82, 2.24) is 0 Å². The standard InChI is InChI=1S/C11H11F2NO3/c1-2-17-10(16)6-9(15)14-8-5-3-4-7(12)11(8)13/h3-5H,2,6H2,1H3,(H,14,15). The van der Waals surface area contributed by atoms with Gasteiger partial charge in [-0.1, -0.05) is 6.07 Å². The summed E-state index contributed by atoms with van der Waals surface area (Å²) < 4.78 is 30.5. The smallest absolute Gasteiger partial charge is 0.315 e. The van der Waals surface area contributed by atoms with Gasteiger partial charge in [-0.2, -0.15) is 0 Å². The molecule has 0 saturated heterocycles. The first-order valence-electron chi connectivity index (χ1n) is 4.94. The first-order chi connectivity index (χ1) is 8.04. The van der Waals surface area contributed by atoms with Gasteiger partial charge in [0.1, 0.15) is 6.42 Å². The molecule has 1 N–H and O–H groups in total. The van der Waals surface area contributed by atoms with Gasteiger partial charge in [-0.15, -0.1) is 0 Å². The van der Waals surface area contributed by atoms with E-state index >= 15 is 0 Å². The maximum atomic E-state index is 13.1. The zero-order valence-corrected chi connectivity index (χ0v) is 9.13. The monoisotopic (exact) mass is 243 g/mol. The topological polar surface area (TPSA) is 55.4 Å². The zero-order valence-electron chi connectivity index (χ0n) is 9.13. The number of ether oxygens (including phenoxy) is 1. The van der Waals surface area contributed by atoms with Gasteiger partial charge in [0.05, 0.1) is 12.3 Å². The number of benzene rings is 1. The Labute approximate surface area is 96.6 Å². The Kier molecular flexibility index (Phi) is 4.56. The lowest BCUT2D eigenvalue weighted by Gasteiger charge is -2.06. The van der Waals surface area contributed by atoms with Crippen molar-refractivity contribution < 1.29 is 23.1 Å². The summed E-state index contributed by atoms with van der Waals surface area (Å²) >= 11 is 0. The molecule has 0 saturated carbocycles. The molecule has 1 aromatic carbocycles. The Balaban J connectivity index is 2.62. The molecule has 0 aliphatic carbocycles. The maximum Gasteiger partial charge on any atom is 0.315 e. The minimum absolute atomic E-state index is 0.153. The fraction of sp³-hybridized carbons (Fsp3) is 0.273. The second-order valence-electron chi connectivity index (χ2n) is 3.13. The fourth-order valence-electron chi connectivity index (χ4n) is 1.14. The van der Waals surface area contributed by atoms with E-state index in [9.17, 15) is 18.4 Å². The average Bonchev–Trinajstić information content (AvgIpc) is 2.25. The Bertz CT molecular complexity index is 435. The van der Waals surface area contributed by atoms with Crippen molar-refractivity contribution in [2.24, 2.45) is 0 Å². The van der Waals surface area contributed by atoms with Gasteiger partial charge < -0.3 is 10.1 Å². The molecule has 0 aliphatic heterocycles. The van der Waals surface area contributed by atoms with E-state index in [1.807, 2.05) is 0 Å². The van der Waals surface area contributed by atoms with Gasteiger partial charge in [0.15, 0.2) is 11.6 Å². The highest BCUT2D eigenvalue weighted by atomic mass is 19.2. The predicted molar refractivity (Wildman–Crippen MR) is 56.2 cm³/mol. The van der Waals surface area contributed by atoms with Crippen molar-refractivity contribution in [3.63, 3.8) is 0 Å². The van der Waals surface area contributed by atoms with E-state index in [0.29, 0.717) is 0 Å². The summed E-state index contributed by atoms with van der Waals surface area (Å²) in [7, 11) is 0. The molecule has 0 unspecified atom stereocenters. The van der Waals surface area contributed by atoms with Gasteiger partial charge in [-0.05, 0) is 19.1 Å². The number of hydrogen-bond donors (Lipinski definition) is 1. The summed E-state index contributed by atoms with van der Waals surface area (Å²) in [6.07, 6.45) is -0.538. The molecular formula is C11H11F2NO3. The number of nitrogens with one attached hydrogen (secondary N) is 1. The summed E-state index contributed by atoms with van der Waals surface area (Å²) in [6, 6.07) is 3.37. The molecule has 0 heterocycles. The van der Waals surface area contributed by atoms with Gasteiger partial charge in [0, 0.05) is 0 Å². The van der Waals surface area contributed by atoms with Crippen LogP contribution >= 0.6 is 0 Å². The number of carbonyl (C=O) groups is 2. The molecule has 4 nitrogen and oxygen atoms in total. The van der Waals surface area contributed by atoms with Crippen molar-refractivity contribution in [3.05, 3.63) is 29.8 Å². The molecule has 92 valence electrons. The number of rotatable bonds is 4. The highest BCUT2D eigenvalue weighted by Gasteiger charge is 2.14. The van der Waals surface area contributed by atoms with Gasteiger partial charge in [-0.3, -0.25) is 9.59 Å². The Morgan fingerprint density at radius 1 is 1.35 bits per heavy atom. The van der Waals surface area contributed by atoms with E-state index in [-0.39, 0.29) is 12.3 Å². The summed E-state index contributed by atoms with van der Waals surface area (Å²) in [4.78, 5) is 22.2. The molecule has 17 heavy (non-hydrogen) atoms. The second kappa shape index (κ2) is 5.93. The predicted octanol–water partition coefficient (Wildman–Crippen LogP) is 1.86. The molecule has 0 spiro atoms. The molecule has 6 heteroatoms. The van der Waals surface area contributed by atoms with Crippen molar-refractivity contribution in [1.29, 1.82) is 0 Å². The average molecular weight is 243 g/mol. The Morgan fingerprint density at radius 3 is 2.71 bits per heavy atom. The van der Waals surface area contributed by atoms with Crippen LogP contribution in [0.3, 0.4) is 0 Å². The normalized spacial score (nSPS) is 9.82. The molecule has 1 rings (SSSR count). The fourth-order valence-corrected chi connectivity index (χ4v) is 1.14. The van der Waals surface area contributed by atoms with E-state index in [2.05, 4.69) is 10.1 Å². The lowest BCUT2D eigenvalue weighted by atomic mass is 10.3. The van der Waals surface area contributed by atoms with Crippen LogP contribution in [0.1, 0.15) is 13.3 Å². The van der Waals surface area contributed by atoms with Crippen LogP contribution in [0.4, 0.5) is 14.5 Å². The largest absolute Gasteiger partial charge is 0.466 e. The van der Waals surface area contributed by atoms with Gasteiger partial charge in [0.25, 0.3) is 0 Å². The number of esters is 1. The van der Waals surface area contributed by atoms with Crippen LogP contribution in [0.15, 0.2) is 18.2 Å². The molecule has 1 amide bonds. The van der Waals surface area contributed by atoms with Crippen LogP contribution in [0, 0.1) is 11.6 Å². The van der Waals surface area contributed by atoms with E-state index in [4.69, 9.17) is 0 Å². The number of hydrogen-bond acceptors (Lipinski definition) is 3. The third kappa shape index (κ3) is 3.82. The van der Waals surface area contributed by atoms with E-state index in [1.165, 1.54) is 12.1 Å². The molecule has 0 aliphatic rings. The lowest BCUT2D eigenvalue weighted by molar-refractivity contribution is -0.145. The SMILES string of the molecule is CCOC(=O)CC(=O)Nc1cccc(F)c1F. The van der Waals surface area contributed by atoms with Crippen LogP contribution in [-0.4, -0.2) is 18.5 Å². The first-order valence-corrected chi connectivity index (χ1v) is 4.94. The number of carbonyl (C=O) groups excluding carboxylic acids is 2. The maximum absolute atomic E-state index is 13.1. The summed E-state index contributed by atoms with van der Waals surface area (Å²) in [6.45, 7) is 1.75. The Morgan fingerprint density at radius 2 is 2.06 bits per heavy atom. The molecular weight excluding hydrogens is 232 g/mol. The van der Waals surface area contributed by atoms with Gasteiger partial charge >= 0.3 is 5.97 Å². The third-order valence-corrected chi connectivity index (χ3v) is 1.84. The summed E-state index contributed by atoms with van der Waals surface area (Å²) in [5.41, 5.74) is -0.306.